The molecule has 0 aliphatic heterocycles. The smallest absolute Gasteiger partial charge is 1.00 e. The van der Waals surface area contributed by atoms with Crippen molar-refractivity contribution in [1.82, 2.24) is 0 Å². The molecule has 0 fully saturated rings. The Morgan fingerprint density at radius 2 is 1.82 bits per heavy atom. The molecule has 0 aromatic carbocycles. The fourth-order valence-corrected chi connectivity index (χ4v) is 1.14. The fraction of sp³-hybridized carbons (Fsp3) is 0.667. The van der Waals surface area contributed by atoms with Gasteiger partial charge in [0.25, 0.3) is 0 Å². The van der Waals surface area contributed by atoms with E-state index in [9.17, 15) is 9.59 Å². The van der Waals surface area contributed by atoms with Crippen molar-refractivity contribution in [2.75, 3.05) is 0 Å². The van der Waals surface area contributed by atoms with Gasteiger partial charge in [0.2, 0.25) is 0 Å². The number of hydrogen-bond acceptors (Lipinski definition) is 3. The van der Waals surface area contributed by atoms with E-state index in [1.165, 1.54) is 19.8 Å². The summed E-state index contributed by atoms with van der Waals surface area (Å²) in [5.74, 6) is -1.44. The van der Waals surface area contributed by atoms with E-state index in [-0.39, 0.29) is 52.1 Å². The molecule has 17 heavy (non-hydrogen) atoms. The van der Waals surface area contributed by atoms with E-state index in [0.717, 1.165) is 25.5 Å². The van der Waals surface area contributed by atoms with E-state index in [1.807, 2.05) is 0 Å². The molecule has 0 saturated carbocycles. The molecule has 0 aliphatic carbocycles. The molecular formula is C12H22CaO4. The van der Waals surface area contributed by atoms with Crippen LogP contribution in [0.1, 0.15) is 55.2 Å². The molecule has 0 aromatic rings. The van der Waals surface area contributed by atoms with Crippen molar-refractivity contribution in [1.29, 1.82) is 0 Å². The van der Waals surface area contributed by atoms with Gasteiger partial charge >= 0.3 is 49.7 Å². The number of ether oxygens (including phenoxy) is 1. The molecule has 0 spiro atoms. The van der Waals surface area contributed by atoms with Crippen molar-refractivity contribution < 1.29 is 22.3 Å². The van der Waals surface area contributed by atoms with Gasteiger partial charge in [-0.1, -0.05) is 32.6 Å². The maximum Gasteiger partial charge on any atom is 2.00 e. The minimum atomic E-state index is -1.07. The SMILES string of the molecule is CCCCCCCC(=O)OC=C(C)C(=O)O.[Ca+2].[H-].[H-]. The maximum absolute atomic E-state index is 11.1. The second kappa shape index (κ2) is 12.4. The van der Waals surface area contributed by atoms with Crippen LogP contribution in [0.15, 0.2) is 11.8 Å². The Kier molecular flexibility index (Phi) is 14.1. The number of carboxylic acid groups (broad SMARTS) is 1. The summed E-state index contributed by atoms with van der Waals surface area (Å²) >= 11 is 0. The molecule has 0 aliphatic rings. The first-order valence-corrected chi connectivity index (χ1v) is 5.67. The summed E-state index contributed by atoms with van der Waals surface area (Å²) < 4.78 is 4.69. The van der Waals surface area contributed by atoms with E-state index in [0.29, 0.717) is 6.42 Å². The number of rotatable bonds is 8. The van der Waals surface area contributed by atoms with Crippen LogP contribution in [0.5, 0.6) is 0 Å². The van der Waals surface area contributed by atoms with Gasteiger partial charge in [0.05, 0.1) is 5.57 Å². The monoisotopic (exact) mass is 270 g/mol. The third kappa shape index (κ3) is 12.2. The number of hydrogen-bond donors (Lipinski definition) is 1. The standard InChI is InChI=1S/C12H20O4.Ca.2H/c1-3-4-5-6-7-8-11(13)16-9-10(2)12(14)15;;;/h9H,3-8H2,1-2H3,(H,14,15);;;/q;+2;2*-1. The Balaban J connectivity index is -0.000000375. The van der Waals surface area contributed by atoms with Gasteiger partial charge in [0.1, 0.15) is 6.26 Å². The molecule has 0 saturated heterocycles. The van der Waals surface area contributed by atoms with Crippen molar-refractivity contribution >= 4 is 49.7 Å². The Labute approximate surface area is 135 Å². The molecule has 0 atom stereocenters. The Hall–Kier alpha value is -0.0603. The summed E-state index contributed by atoms with van der Waals surface area (Å²) in [7, 11) is 0. The van der Waals surface area contributed by atoms with Crippen LogP contribution in [-0.2, 0) is 14.3 Å². The van der Waals surface area contributed by atoms with Crippen molar-refractivity contribution in [3.05, 3.63) is 11.8 Å². The minimum Gasteiger partial charge on any atom is -1.00 e. The van der Waals surface area contributed by atoms with Crippen LogP contribution in [0.3, 0.4) is 0 Å². The third-order valence-corrected chi connectivity index (χ3v) is 2.19. The van der Waals surface area contributed by atoms with Crippen molar-refractivity contribution in [2.24, 2.45) is 0 Å². The van der Waals surface area contributed by atoms with Gasteiger partial charge in [0.15, 0.2) is 0 Å². The van der Waals surface area contributed by atoms with Gasteiger partial charge in [-0.25, -0.2) is 4.79 Å². The van der Waals surface area contributed by atoms with Crippen LogP contribution in [0, 0.1) is 0 Å². The molecule has 0 radical (unpaired) electrons. The van der Waals surface area contributed by atoms with Crippen LogP contribution in [0.4, 0.5) is 0 Å². The van der Waals surface area contributed by atoms with Crippen molar-refractivity contribution in [2.45, 2.75) is 52.4 Å². The van der Waals surface area contributed by atoms with E-state index >= 15 is 0 Å². The number of carbonyl (C=O) groups excluding carboxylic acids is 1. The average Bonchev–Trinajstić information content (AvgIpc) is 2.25. The first-order valence-electron chi connectivity index (χ1n) is 5.67. The van der Waals surface area contributed by atoms with Crippen LogP contribution >= 0.6 is 0 Å². The van der Waals surface area contributed by atoms with Crippen molar-refractivity contribution in [3.63, 3.8) is 0 Å². The topological polar surface area (TPSA) is 63.6 Å². The molecule has 0 rings (SSSR count). The normalized spacial score (nSPS) is 10.6. The van der Waals surface area contributed by atoms with Gasteiger partial charge in [-0.2, -0.15) is 0 Å². The first-order chi connectivity index (χ1) is 7.57. The van der Waals surface area contributed by atoms with Crippen LogP contribution in [-0.4, -0.2) is 54.8 Å². The largest absolute Gasteiger partial charge is 2.00 e. The molecule has 1 N–H and O–H groups in total. The third-order valence-electron chi connectivity index (χ3n) is 2.19. The molecule has 0 amide bonds. The predicted molar refractivity (Wildman–Crippen MR) is 68.8 cm³/mol. The quantitative estimate of drug-likeness (QED) is 0.242. The minimum absolute atomic E-state index is 0. The van der Waals surface area contributed by atoms with E-state index in [4.69, 9.17) is 5.11 Å². The molecule has 96 valence electrons. The number of esters is 1. The van der Waals surface area contributed by atoms with Gasteiger partial charge in [0, 0.05) is 6.42 Å². The number of unbranched alkanes of at least 4 members (excludes halogenated alkanes) is 4. The van der Waals surface area contributed by atoms with E-state index in [1.54, 1.807) is 0 Å². The van der Waals surface area contributed by atoms with Gasteiger partial charge < -0.3 is 12.7 Å². The van der Waals surface area contributed by atoms with E-state index < -0.39 is 5.97 Å². The maximum atomic E-state index is 11.1. The molecular weight excluding hydrogens is 248 g/mol. The van der Waals surface area contributed by atoms with Crippen molar-refractivity contribution in [3.8, 4) is 0 Å². The van der Waals surface area contributed by atoms with Gasteiger partial charge in [-0.3, -0.25) is 4.79 Å². The number of carbonyl (C=O) groups is 2. The molecule has 0 bridgehead atoms. The zero-order valence-electron chi connectivity index (χ0n) is 12.7. The van der Waals surface area contributed by atoms with Crippen LogP contribution in [0.25, 0.3) is 0 Å². The summed E-state index contributed by atoms with van der Waals surface area (Å²) in [6, 6.07) is 0. The number of carboxylic acids is 1. The molecule has 4 nitrogen and oxygen atoms in total. The fourth-order valence-electron chi connectivity index (χ4n) is 1.14. The first kappa shape index (κ1) is 19.3. The Morgan fingerprint density at radius 1 is 1.24 bits per heavy atom. The second-order valence-electron chi connectivity index (χ2n) is 3.76. The summed E-state index contributed by atoms with van der Waals surface area (Å²) in [6.45, 7) is 3.52. The number of aliphatic carboxylic acids is 1. The van der Waals surface area contributed by atoms with Gasteiger partial charge in [-0.15, -0.1) is 0 Å². The molecule has 5 heteroatoms. The zero-order valence-corrected chi connectivity index (χ0v) is 12.9. The zero-order chi connectivity index (χ0) is 12.4. The summed E-state index contributed by atoms with van der Waals surface area (Å²) in [6.07, 6.45) is 6.67. The summed E-state index contributed by atoms with van der Waals surface area (Å²) in [5.41, 5.74) is 0.0272. The second-order valence-corrected chi connectivity index (χ2v) is 3.76. The molecule has 0 unspecified atom stereocenters. The van der Waals surface area contributed by atoms with Gasteiger partial charge in [-0.05, 0) is 13.3 Å². The molecule has 0 heterocycles. The van der Waals surface area contributed by atoms with Crippen LogP contribution < -0.4 is 0 Å². The summed E-state index contributed by atoms with van der Waals surface area (Å²) in [5, 5.41) is 8.51. The molecule has 0 aromatic heterocycles. The van der Waals surface area contributed by atoms with E-state index in [2.05, 4.69) is 11.7 Å². The average molecular weight is 270 g/mol. The Morgan fingerprint density at radius 3 is 2.35 bits per heavy atom. The summed E-state index contributed by atoms with van der Waals surface area (Å²) in [4.78, 5) is 21.5. The van der Waals surface area contributed by atoms with Crippen LogP contribution in [0.2, 0.25) is 0 Å². The predicted octanol–water partition coefficient (Wildman–Crippen LogP) is 2.72. The Bertz CT molecular complexity index is 270.